The number of rotatable bonds is 9. The fourth-order valence-electron chi connectivity index (χ4n) is 6.59. The standard InChI is InChI=1S/C39H39F6N3O4/c1-21-5-8-35-37(23(21)3)27-11-22(2)38(42)31(13-27)34(15-36(50)51)47-24(4)29(30-12-25(19-52-35)6-7-33(30)41)14-32(39(43,44)45)26(16-46-20-49)9-10-48-17-28(40)18-48/h5-8,11-14,16,20,28-29,34,47H,4,9-10,15,17-19H2,1-3H3,(H,46,49)(H,50,51)/b26-16-,32-14+/t29?,34-/m0/s1. The first kappa shape index (κ1) is 38.2. The number of hydrogen-bond acceptors (Lipinski definition) is 5. The van der Waals surface area contributed by atoms with E-state index >= 15 is 8.78 Å². The average Bonchev–Trinajstić information content (AvgIpc) is 3.05. The van der Waals surface area contributed by atoms with E-state index in [1.807, 2.05) is 19.9 Å². The lowest BCUT2D eigenvalue weighted by atomic mass is 9.87. The molecule has 1 amide bonds. The summed E-state index contributed by atoms with van der Waals surface area (Å²) in [5.41, 5.74) is 1.30. The number of carbonyl (C=O) groups excluding carboxylic acids is 1. The second kappa shape index (κ2) is 15.7. The highest BCUT2D eigenvalue weighted by Crippen LogP contribution is 2.42. The van der Waals surface area contributed by atoms with Gasteiger partial charge >= 0.3 is 12.1 Å². The van der Waals surface area contributed by atoms with Crippen LogP contribution in [0.5, 0.6) is 5.75 Å². The average molecular weight is 728 g/mol. The number of carbonyl (C=O) groups is 2. The van der Waals surface area contributed by atoms with Gasteiger partial charge in [-0.1, -0.05) is 24.8 Å². The number of allylic oxidation sites excluding steroid dienone is 2. The van der Waals surface area contributed by atoms with Gasteiger partial charge in [0.2, 0.25) is 6.41 Å². The molecule has 0 radical (unpaired) electrons. The number of carboxylic acids is 1. The van der Waals surface area contributed by atoms with E-state index in [0.29, 0.717) is 22.4 Å². The lowest BCUT2D eigenvalue weighted by molar-refractivity contribution is -0.137. The van der Waals surface area contributed by atoms with Crippen molar-refractivity contribution in [2.75, 3.05) is 19.6 Å². The Labute approximate surface area is 297 Å². The van der Waals surface area contributed by atoms with Gasteiger partial charge in [-0.05, 0) is 90.9 Å². The molecule has 1 saturated heterocycles. The van der Waals surface area contributed by atoms with Crippen LogP contribution in [-0.4, -0.2) is 54.4 Å². The predicted octanol–water partition coefficient (Wildman–Crippen LogP) is 8.01. The van der Waals surface area contributed by atoms with Gasteiger partial charge in [0.05, 0.1) is 18.0 Å². The van der Waals surface area contributed by atoms with Crippen LogP contribution in [0.25, 0.3) is 11.1 Å². The van der Waals surface area contributed by atoms with Crippen molar-refractivity contribution in [1.82, 2.24) is 15.5 Å². The number of ether oxygens (including phenoxy) is 1. The van der Waals surface area contributed by atoms with Crippen LogP contribution in [0.15, 0.2) is 78.2 Å². The van der Waals surface area contributed by atoms with Crippen molar-refractivity contribution in [1.29, 1.82) is 0 Å². The van der Waals surface area contributed by atoms with Gasteiger partial charge in [-0.3, -0.25) is 14.5 Å². The van der Waals surface area contributed by atoms with E-state index in [-0.39, 0.29) is 67.0 Å². The molecule has 0 aromatic heterocycles. The van der Waals surface area contributed by atoms with Crippen molar-refractivity contribution in [2.24, 2.45) is 0 Å². The Bertz CT molecular complexity index is 1930. The molecule has 2 atom stereocenters. The smallest absolute Gasteiger partial charge is 0.416 e. The lowest BCUT2D eigenvalue weighted by Gasteiger charge is -2.34. The third kappa shape index (κ3) is 8.52. The molecule has 0 aliphatic carbocycles. The van der Waals surface area contributed by atoms with Crippen LogP contribution in [0.4, 0.5) is 26.3 Å². The molecule has 3 aromatic carbocycles. The molecule has 1 fully saturated rings. The van der Waals surface area contributed by atoms with Crippen LogP contribution in [0.2, 0.25) is 0 Å². The van der Waals surface area contributed by atoms with Crippen LogP contribution in [0.3, 0.4) is 0 Å². The highest BCUT2D eigenvalue weighted by Gasteiger charge is 2.38. The maximum Gasteiger partial charge on any atom is 0.416 e. The number of likely N-dealkylation sites (tertiary alicyclic amines) is 1. The molecule has 0 saturated carbocycles. The van der Waals surface area contributed by atoms with Crippen molar-refractivity contribution in [3.63, 3.8) is 0 Å². The topological polar surface area (TPSA) is 90.9 Å². The Kier molecular flexibility index (Phi) is 11.5. The largest absolute Gasteiger partial charge is 0.488 e. The SMILES string of the molecule is C=C1N[C@@H](CC(=O)O)c2cc(cc(C)c2F)-c2c(ccc(C)c2C)OCc2ccc(F)c(c2)C1/C=C(\C(=C/NC=O)CCN1CC(F)C1)C(F)(F)F. The molecule has 3 aromatic rings. The first-order valence-electron chi connectivity index (χ1n) is 16.6. The van der Waals surface area contributed by atoms with E-state index in [1.54, 1.807) is 17.0 Å². The molecule has 2 heterocycles. The quantitative estimate of drug-likeness (QED) is 0.118. The summed E-state index contributed by atoms with van der Waals surface area (Å²) in [7, 11) is 0. The van der Waals surface area contributed by atoms with Gasteiger partial charge < -0.3 is 20.5 Å². The Hall–Kier alpha value is -5.04. The van der Waals surface area contributed by atoms with Crippen LogP contribution >= 0.6 is 0 Å². The molecular weight excluding hydrogens is 688 g/mol. The summed E-state index contributed by atoms with van der Waals surface area (Å²) in [6.07, 6.45) is -5.26. The Balaban J connectivity index is 1.73. The summed E-state index contributed by atoms with van der Waals surface area (Å²) in [6.45, 7) is 9.27. The molecule has 1 unspecified atom stereocenters. The Morgan fingerprint density at radius 1 is 1.08 bits per heavy atom. The van der Waals surface area contributed by atoms with Crippen molar-refractivity contribution in [3.8, 4) is 16.9 Å². The minimum atomic E-state index is -5.04. The number of alkyl halides is 4. The fourth-order valence-corrected chi connectivity index (χ4v) is 6.59. The van der Waals surface area contributed by atoms with Crippen LogP contribution in [0.1, 0.15) is 58.2 Å². The minimum Gasteiger partial charge on any atom is -0.488 e. The highest BCUT2D eigenvalue weighted by atomic mass is 19.4. The van der Waals surface area contributed by atoms with E-state index in [2.05, 4.69) is 17.2 Å². The van der Waals surface area contributed by atoms with Gasteiger partial charge in [-0.15, -0.1) is 0 Å². The molecular formula is C39H39F6N3O4. The zero-order chi connectivity index (χ0) is 37.9. The summed E-state index contributed by atoms with van der Waals surface area (Å²) in [5, 5.41) is 14.9. The zero-order valence-corrected chi connectivity index (χ0v) is 28.8. The Morgan fingerprint density at radius 3 is 2.46 bits per heavy atom. The molecule has 2 aliphatic heterocycles. The van der Waals surface area contributed by atoms with Gasteiger partial charge in [0.25, 0.3) is 0 Å². The molecule has 4 bridgehead atoms. The second-order valence-corrected chi connectivity index (χ2v) is 13.2. The van der Waals surface area contributed by atoms with Gasteiger partial charge in [-0.2, -0.15) is 13.2 Å². The van der Waals surface area contributed by atoms with E-state index < -0.39 is 53.9 Å². The Morgan fingerprint density at radius 2 is 1.81 bits per heavy atom. The summed E-state index contributed by atoms with van der Waals surface area (Å²) < 4.78 is 96.5. The zero-order valence-electron chi connectivity index (χ0n) is 28.8. The maximum atomic E-state index is 16.0. The van der Waals surface area contributed by atoms with Crippen molar-refractivity contribution >= 4 is 12.4 Å². The van der Waals surface area contributed by atoms with Gasteiger partial charge in [0.15, 0.2) is 0 Å². The third-order valence-electron chi connectivity index (χ3n) is 9.47. The van der Waals surface area contributed by atoms with Crippen molar-refractivity contribution in [3.05, 3.63) is 123 Å². The molecule has 3 N–H and O–H groups in total. The van der Waals surface area contributed by atoms with E-state index in [0.717, 1.165) is 29.5 Å². The van der Waals surface area contributed by atoms with Crippen molar-refractivity contribution < 1.29 is 45.8 Å². The molecule has 0 spiro atoms. The molecule has 2 aliphatic rings. The number of nitrogens with one attached hydrogen (secondary N) is 2. The number of amides is 1. The first-order valence-corrected chi connectivity index (χ1v) is 16.6. The molecule has 5 rings (SSSR count). The summed E-state index contributed by atoms with van der Waals surface area (Å²) in [4.78, 5) is 25.0. The van der Waals surface area contributed by atoms with E-state index in [4.69, 9.17) is 4.74 Å². The summed E-state index contributed by atoms with van der Waals surface area (Å²) >= 11 is 0. The summed E-state index contributed by atoms with van der Waals surface area (Å²) in [5.74, 6) is -4.16. The first-order chi connectivity index (χ1) is 24.6. The maximum absolute atomic E-state index is 16.0. The van der Waals surface area contributed by atoms with Gasteiger partial charge in [0.1, 0.15) is 30.2 Å². The number of nitrogens with zero attached hydrogens (tertiary/aromatic N) is 1. The second-order valence-electron chi connectivity index (χ2n) is 13.2. The summed E-state index contributed by atoms with van der Waals surface area (Å²) in [6, 6.07) is 9.17. The van der Waals surface area contributed by atoms with Crippen LogP contribution < -0.4 is 15.4 Å². The number of aryl methyl sites for hydroxylation is 2. The molecule has 276 valence electrons. The number of fused-ring (bicyclic) bond motifs is 6. The number of benzene rings is 3. The number of halogens is 6. The normalized spacial score (nSPS) is 18.8. The molecule has 13 heteroatoms. The number of hydrogen-bond donors (Lipinski definition) is 3. The third-order valence-corrected chi connectivity index (χ3v) is 9.47. The van der Waals surface area contributed by atoms with Crippen molar-refractivity contribution in [2.45, 2.75) is 64.5 Å². The van der Waals surface area contributed by atoms with Crippen LogP contribution in [0, 0.1) is 32.4 Å². The van der Waals surface area contributed by atoms with E-state index in [1.165, 1.54) is 25.1 Å². The molecule has 52 heavy (non-hydrogen) atoms. The van der Waals surface area contributed by atoms with Gasteiger partial charge in [-0.25, -0.2) is 13.2 Å². The fraction of sp³-hybridized carbons (Fsp3) is 0.333. The highest BCUT2D eigenvalue weighted by molar-refractivity contribution is 5.77. The predicted molar refractivity (Wildman–Crippen MR) is 184 cm³/mol. The van der Waals surface area contributed by atoms with E-state index in [9.17, 15) is 32.3 Å². The molecule has 7 nitrogen and oxygen atoms in total. The number of aliphatic carboxylic acids is 1. The van der Waals surface area contributed by atoms with Gasteiger partial charge in [0, 0.05) is 54.1 Å². The monoisotopic (exact) mass is 727 g/mol. The number of carboxylic acid groups (broad SMARTS) is 1. The van der Waals surface area contributed by atoms with Crippen LogP contribution in [-0.2, 0) is 16.2 Å². The minimum absolute atomic E-state index is 0.0430. The lowest BCUT2D eigenvalue weighted by Crippen LogP contribution is -2.48.